The van der Waals surface area contributed by atoms with E-state index in [0.717, 1.165) is 5.56 Å². The van der Waals surface area contributed by atoms with Gasteiger partial charge in [-0.1, -0.05) is 6.07 Å². The van der Waals surface area contributed by atoms with Crippen molar-refractivity contribution in [2.45, 2.75) is 13.8 Å². The summed E-state index contributed by atoms with van der Waals surface area (Å²) in [6.45, 7) is 3.19. The minimum absolute atomic E-state index is 0.147. The zero-order valence-electron chi connectivity index (χ0n) is 9.87. The van der Waals surface area contributed by atoms with Crippen molar-refractivity contribution in [1.29, 1.82) is 0 Å². The molecule has 0 fully saturated rings. The maximum Gasteiger partial charge on any atom is 0.233 e. The van der Waals surface area contributed by atoms with Gasteiger partial charge < -0.3 is 0 Å². The van der Waals surface area contributed by atoms with E-state index >= 15 is 0 Å². The molecule has 1 heterocycles. The maximum absolute atomic E-state index is 13.6. The number of aromatic nitrogens is 2. The summed E-state index contributed by atoms with van der Waals surface area (Å²) in [6, 6.07) is 2.58. The Morgan fingerprint density at radius 3 is 2.28 bits per heavy atom. The van der Waals surface area contributed by atoms with Crippen LogP contribution in [0.15, 0.2) is 24.5 Å². The fourth-order valence-corrected chi connectivity index (χ4v) is 1.45. The summed E-state index contributed by atoms with van der Waals surface area (Å²) in [7, 11) is 0. The molecular weight excluding hydrogens is 238 g/mol. The lowest BCUT2D eigenvalue weighted by atomic mass is 10.1. The molecule has 92 valence electrons. The largest absolute Gasteiger partial charge is 0.285 e. The number of halogens is 2. The monoisotopic (exact) mass is 248 g/mol. The van der Waals surface area contributed by atoms with E-state index < -0.39 is 17.4 Å². The van der Waals surface area contributed by atoms with Crippen molar-refractivity contribution in [2.75, 3.05) is 0 Å². The third-order valence-corrected chi connectivity index (χ3v) is 2.50. The average molecular weight is 248 g/mol. The smallest absolute Gasteiger partial charge is 0.233 e. The minimum Gasteiger partial charge on any atom is -0.285 e. The lowest BCUT2D eigenvalue weighted by molar-refractivity contribution is 0.102. The number of hydrogen-bond donors (Lipinski definition) is 0. The summed E-state index contributed by atoms with van der Waals surface area (Å²) in [5, 5.41) is 0. The average Bonchev–Trinajstić information content (AvgIpc) is 2.36. The van der Waals surface area contributed by atoms with Crippen LogP contribution in [0.4, 0.5) is 8.78 Å². The predicted molar refractivity (Wildman–Crippen MR) is 61.3 cm³/mol. The molecular formula is C13H10F2N2O. The topological polar surface area (TPSA) is 42.9 Å². The van der Waals surface area contributed by atoms with Crippen LogP contribution in [0.3, 0.4) is 0 Å². The third kappa shape index (κ3) is 2.11. The summed E-state index contributed by atoms with van der Waals surface area (Å²) in [4.78, 5) is 19.5. The lowest BCUT2D eigenvalue weighted by Gasteiger charge is -2.04. The van der Waals surface area contributed by atoms with Crippen molar-refractivity contribution in [1.82, 2.24) is 9.97 Å². The molecule has 0 atom stereocenters. The van der Waals surface area contributed by atoms with E-state index in [9.17, 15) is 13.6 Å². The van der Waals surface area contributed by atoms with Crippen molar-refractivity contribution < 1.29 is 13.6 Å². The fraction of sp³-hybridized carbons (Fsp3) is 0.154. The number of carbonyl (C=O) groups is 1. The molecule has 0 aliphatic carbocycles. The Morgan fingerprint density at radius 2 is 1.67 bits per heavy atom. The normalized spacial score (nSPS) is 10.4. The first-order chi connectivity index (χ1) is 8.50. The molecule has 0 aliphatic heterocycles. The molecule has 2 rings (SSSR count). The summed E-state index contributed by atoms with van der Waals surface area (Å²) < 4.78 is 27.0. The molecule has 1 aromatic heterocycles. The molecule has 0 amide bonds. The van der Waals surface area contributed by atoms with Gasteiger partial charge in [0, 0.05) is 12.4 Å². The molecule has 0 bridgehead atoms. The van der Waals surface area contributed by atoms with Gasteiger partial charge in [-0.05, 0) is 31.0 Å². The van der Waals surface area contributed by atoms with Crippen molar-refractivity contribution in [3.8, 4) is 0 Å². The van der Waals surface area contributed by atoms with Crippen LogP contribution in [0.2, 0.25) is 0 Å². The molecule has 5 heteroatoms. The highest BCUT2D eigenvalue weighted by molar-refractivity contribution is 6.06. The first-order valence-electron chi connectivity index (χ1n) is 5.28. The van der Waals surface area contributed by atoms with Gasteiger partial charge in [-0.3, -0.25) is 4.79 Å². The van der Waals surface area contributed by atoms with Gasteiger partial charge in [0.1, 0.15) is 0 Å². The third-order valence-electron chi connectivity index (χ3n) is 2.50. The summed E-state index contributed by atoms with van der Waals surface area (Å²) >= 11 is 0. The first-order valence-corrected chi connectivity index (χ1v) is 5.28. The van der Waals surface area contributed by atoms with Gasteiger partial charge >= 0.3 is 0 Å². The summed E-state index contributed by atoms with van der Waals surface area (Å²) in [5.41, 5.74) is 0.568. The molecule has 0 aliphatic rings. The van der Waals surface area contributed by atoms with E-state index in [1.807, 2.05) is 0 Å². The number of benzene rings is 1. The molecule has 2 aromatic rings. The zero-order chi connectivity index (χ0) is 13.3. The van der Waals surface area contributed by atoms with Gasteiger partial charge in [0.25, 0.3) is 0 Å². The van der Waals surface area contributed by atoms with Crippen LogP contribution in [-0.4, -0.2) is 15.8 Å². The molecule has 0 N–H and O–H groups in total. The van der Waals surface area contributed by atoms with Crippen molar-refractivity contribution in [2.24, 2.45) is 0 Å². The van der Waals surface area contributed by atoms with Gasteiger partial charge in [0.2, 0.25) is 11.6 Å². The van der Waals surface area contributed by atoms with Crippen LogP contribution in [0, 0.1) is 25.5 Å². The molecule has 0 spiro atoms. The Labute approximate surface area is 103 Å². The van der Waals surface area contributed by atoms with Crippen LogP contribution in [-0.2, 0) is 0 Å². The maximum atomic E-state index is 13.6. The molecule has 0 saturated carbocycles. The van der Waals surface area contributed by atoms with Gasteiger partial charge in [0.15, 0.2) is 11.6 Å². The Balaban J connectivity index is 2.46. The summed E-state index contributed by atoms with van der Waals surface area (Å²) in [6.07, 6.45) is 2.89. The highest BCUT2D eigenvalue weighted by Crippen LogP contribution is 2.17. The van der Waals surface area contributed by atoms with Gasteiger partial charge in [-0.25, -0.2) is 18.7 Å². The fourth-order valence-electron chi connectivity index (χ4n) is 1.45. The Morgan fingerprint density at radius 1 is 1.06 bits per heavy atom. The van der Waals surface area contributed by atoms with E-state index in [4.69, 9.17) is 0 Å². The number of carbonyl (C=O) groups excluding carboxylic acids is 1. The van der Waals surface area contributed by atoms with Crippen LogP contribution in [0.25, 0.3) is 0 Å². The molecule has 0 unspecified atom stereocenters. The molecule has 1 aromatic carbocycles. The lowest BCUT2D eigenvalue weighted by Crippen LogP contribution is -2.10. The molecule has 18 heavy (non-hydrogen) atoms. The van der Waals surface area contributed by atoms with Gasteiger partial charge in [0.05, 0.1) is 5.56 Å². The minimum atomic E-state index is -1.16. The van der Waals surface area contributed by atoms with Gasteiger partial charge in [-0.15, -0.1) is 0 Å². The SMILES string of the molecule is Cc1cnc(C(=O)c2ccc(C)c(F)c2F)nc1. The number of aryl methyl sites for hydroxylation is 2. The van der Waals surface area contributed by atoms with E-state index in [-0.39, 0.29) is 17.0 Å². The molecule has 3 nitrogen and oxygen atoms in total. The Hall–Kier alpha value is -2.17. The summed E-state index contributed by atoms with van der Waals surface area (Å²) in [5.74, 6) is -3.06. The Kier molecular flexibility index (Phi) is 3.14. The van der Waals surface area contributed by atoms with Crippen molar-refractivity contribution in [3.63, 3.8) is 0 Å². The van der Waals surface area contributed by atoms with Crippen LogP contribution in [0.1, 0.15) is 27.3 Å². The Bertz CT molecular complexity index is 609. The second kappa shape index (κ2) is 4.60. The van der Waals surface area contributed by atoms with Crippen LogP contribution >= 0.6 is 0 Å². The zero-order valence-corrected chi connectivity index (χ0v) is 9.87. The second-order valence-electron chi connectivity index (χ2n) is 3.97. The molecule has 0 radical (unpaired) electrons. The number of hydrogen-bond acceptors (Lipinski definition) is 3. The van der Waals surface area contributed by atoms with E-state index in [0.29, 0.717) is 0 Å². The number of ketones is 1. The van der Waals surface area contributed by atoms with Crippen LogP contribution in [0.5, 0.6) is 0 Å². The highest BCUT2D eigenvalue weighted by atomic mass is 19.2. The van der Waals surface area contributed by atoms with Gasteiger partial charge in [-0.2, -0.15) is 0 Å². The van der Waals surface area contributed by atoms with Crippen molar-refractivity contribution in [3.05, 3.63) is 58.7 Å². The first kappa shape index (κ1) is 12.3. The number of nitrogens with zero attached hydrogens (tertiary/aromatic N) is 2. The number of rotatable bonds is 2. The molecule has 0 saturated heterocycles. The van der Waals surface area contributed by atoms with Crippen molar-refractivity contribution >= 4 is 5.78 Å². The quantitative estimate of drug-likeness (QED) is 0.767. The standard InChI is InChI=1S/C13H10F2N2O/c1-7-5-16-13(17-6-7)12(18)9-4-3-8(2)10(14)11(9)15/h3-6H,1-2H3. The predicted octanol–water partition coefficient (Wildman–Crippen LogP) is 2.60. The highest BCUT2D eigenvalue weighted by Gasteiger charge is 2.20. The van der Waals surface area contributed by atoms with Crippen LogP contribution < -0.4 is 0 Å². The van der Waals surface area contributed by atoms with E-state index in [1.165, 1.54) is 31.5 Å². The second-order valence-corrected chi connectivity index (χ2v) is 3.97. The van der Waals surface area contributed by atoms with E-state index in [2.05, 4.69) is 9.97 Å². The van der Waals surface area contributed by atoms with E-state index in [1.54, 1.807) is 6.92 Å².